The predicted molar refractivity (Wildman–Crippen MR) is 85.6 cm³/mol. The van der Waals surface area contributed by atoms with Crippen molar-refractivity contribution in [1.82, 2.24) is 9.55 Å². The zero-order chi connectivity index (χ0) is 14.7. The van der Waals surface area contributed by atoms with E-state index in [0.29, 0.717) is 0 Å². The zero-order valence-corrected chi connectivity index (χ0v) is 12.5. The fourth-order valence-electron chi connectivity index (χ4n) is 2.55. The Kier molecular flexibility index (Phi) is 3.91. The first-order chi connectivity index (χ1) is 10.2. The molecule has 0 N–H and O–H groups in total. The molecule has 0 radical (unpaired) electrons. The molecule has 1 aromatic carbocycles. The van der Waals surface area contributed by atoms with E-state index in [1.807, 2.05) is 18.5 Å². The molecule has 3 nitrogen and oxygen atoms in total. The van der Waals surface area contributed by atoms with Crippen molar-refractivity contribution in [1.29, 1.82) is 0 Å². The summed E-state index contributed by atoms with van der Waals surface area (Å²) in [5, 5.41) is 1.18. The van der Waals surface area contributed by atoms with Crippen LogP contribution in [-0.4, -0.2) is 15.7 Å². The minimum Gasteiger partial charge on any atom is -0.490 e. The SMILES string of the molecule is CC(C)Oc1cccc2c1ccn2CCc1ccncc1. The van der Waals surface area contributed by atoms with Gasteiger partial charge in [0.25, 0.3) is 0 Å². The van der Waals surface area contributed by atoms with Gasteiger partial charge in [-0.05, 0) is 56.2 Å². The second-order valence-corrected chi connectivity index (χ2v) is 5.47. The van der Waals surface area contributed by atoms with Crippen LogP contribution in [0.4, 0.5) is 0 Å². The van der Waals surface area contributed by atoms with Gasteiger partial charge in [-0.3, -0.25) is 4.98 Å². The van der Waals surface area contributed by atoms with E-state index >= 15 is 0 Å². The van der Waals surface area contributed by atoms with E-state index in [9.17, 15) is 0 Å². The maximum Gasteiger partial charge on any atom is 0.129 e. The molecule has 0 unspecified atom stereocenters. The molecule has 2 heterocycles. The molecule has 0 atom stereocenters. The van der Waals surface area contributed by atoms with Crippen LogP contribution in [0.15, 0.2) is 55.0 Å². The van der Waals surface area contributed by atoms with Crippen LogP contribution >= 0.6 is 0 Å². The summed E-state index contributed by atoms with van der Waals surface area (Å²) in [5.74, 6) is 0.963. The Bertz CT molecular complexity index is 716. The monoisotopic (exact) mass is 280 g/mol. The molecule has 0 bridgehead atoms. The van der Waals surface area contributed by atoms with Crippen molar-refractivity contribution < 1.29 is 4.74 Å². The molecule has 0 fully saturated rings. The van der Waals surface area contributed by atoms with E-state index in [4.69, 9.17) is 4.74 Å². The smallest absolute Gasteiger partial charge is 0.129 e. The van der Waals surface area contributed by atoms with Gasteiger partial charge < -0.3 is 9.30 Å². The van der Waals surface area contributed by atoms with Crippen LogP contribution in [0, 0.1) is 0 Å². The molecule has 0 aliphatic carbocycles. The fraction of sp³-hybridized carbons (Fsp3) is 0.278. The molecule has 21 heavy (non-hydrogen) atoms. The molecule has 3 aromatic rings. The third-order valence-electron chi connectivity index (χ3n) is 3.53. The Morgan fingerprint density at radius 3 is 2.67 bits per heavy atom. The van der Waals surface area contributed by atoms with Crippen LogP contribution < -0.4 is 4.74 Å². The number of hydrogen-bond donors (Lipinski definition) is 0. The lowest BCUT2D eigenvalue weighted by atomic mass is 10.2. The number of pyridine rings is 1. The highest BCUT2D eigenvalue weighted by Gasteiger charge is 2.07. The molecule has 108 valence electrons. The summed E-state index contributed by atoms with van der Waals surface area (Å²) in [5.41, 5.74) is 2.53. The number of hydrogen-bond acceptors (Lipinski definition) is 2. The second kappa shape index (κ2) is 6.00. The van der Waals surface area contributed by atoms with Gasteiger partial charge in [-0.1, -0.05) is 6.07 Å². The van der Waals surface area contributed by atoms with Gasteiger partial charge in [-0.25, -0.2) is 0 Å². The van der Waals surface area contributed by atoms with Gasteiger partial charge in [-0.15, -0.1) is 0 Å². The Hall–Kier alpha value is -2.29. The topological polar surface area (TPSA) is 27.1 Å². The maximum absolute atomic E-state index is 5.88. The van der Waals surface area contributed by atoms with Crippen LogP contribution in [-0.2, 0) is 13.0 Å². The van der Waals surface area contributed by atoms with E-state index in [-0.39, 0.29) is 6.10 Å². The summed E-state index contributed by atoms with van der Waals surface area (Å²) in [6, 6.07) is 12.5. The first kappa shape index (κ1) is 13.7. The van der Waals surface area contributed by atoms with Crippen molar-refractivity contribution in [3.05, 3.63) is 60.6 Å². The average Bonchev–Trinajstić information content (AvgIpc) is 2.90. The van der Waals surface area contributed by atoms with Gasteiger partial charge in [0.2, 0.25) is 0 Å². The lowest BCUT2D eigenvalue weighted by molar-refractivity contribution is 0.245. The van der Waals surface area contributed by atoms with Crippen molar-refractivity contribution in [2.45, 2.75) is 32.9 Å². The lowest BCUT2D eigenvalue weighted by Crippen LogP contribution is -2.05. The fourth-order valence-corrected chi connectivity index (χ4v) is 2.55. The highest BCUT2D eigenvalue weighted by molar-refractivity contribution is 5.86. The van der Waals surface area contributed by atoms with Gasteiger partial charge in [0.15, 0.2) is 0 Å². The second-order valence-electron chi connectivity index (χ2n) is 5.47. The molecule has 0 saturated carbocycles. The minimum absolute atomic E-state index is 0.191. The predicted octanol–water partition coefficient (Wildman–Crippen LogP) is 4.07. The molecular formula is C18H20N2O. The number of nitrogens with zero attached hydrogens (tertiary/aromatic N) is 2. The Morgan fingerprint density at radius 2 is 1.90 bits per heavy atom. The van der Waals surface area contributed by atoms with Crippen LogP contribution in [0.2, 0.25) is 0 Å². The van der Waals surface area contributed by atoms with Gasteiger partial charge >= 0.3 is 0 Å². The van der Waals surface area contributed by atoms with Gasteiger partial charge in [0.05, 0.1) is 11.6 Å². The minimum atomic E-state index is 0.191. The van der Waals surface area contributed by atoms with Crippen LogP contribution in [0.1, 0.15) is 19.4 Å². The first-order valence-corrected chi connectivity index (χ1v) is 7.37. The molecule has 3 heteroatoms. The Morgan fingerprint density at radius 1 is 1.10 bits per heavy atom. The third-order valence-corrected chi connectivity index (χ3v) is 3.53. The van der Waals surface area contributed by atoms with E-state index in [1.165, 1.54) is 16.5 Å². The zero-order valence-electron chi connectivity index (χ0n) is 12.5. The maximum atomic E-state index is 5.88. The van der Waals surface area contributed by atoms with Gasteiger partial charge in [0, 0.05) is 30.5 Å². The number of benzene rings is 1. The number of aromatic nitrogens is 2. The van der Waals surface area contributed by atoms with Crippen LogP contribution in [0.5, 0.6) is 5.75 Å². The van der Waals surface area contributed by atoms with E-state index in [1.54, 1.807) is 0 Å². The quantitative estimate of drug-likeness (QED) is 0.704. The summed E-state index contributed by atoms with van der Waals surface area (Å²) < 4.78 is 8.16. The summed E-state index contributed by atoms with van der Waals surface area (Å²) in [6.07, 6.45) is 7.02. The summed E-state index contributed by atoms with van der Waals surface area (Å²) in [7, 11) is 0. The lowest BCUT2D eigenvalue weighted by Gasteiger charge is -2.11. The van der Waals surface area contributed by atoms with Crippen molar-refractivity contribution in [3.8, 4) is 5.75 Å². The molecular weight excluding hydrogens is 260 g/mol. The summed E-state index contributed by atoms with van der Waals surface area (Å²) in [6.45, 7) is 5.07. The Balaban J connectivity index is 1.83. The van der Waals surface area contributed by atoms with Crippen molar-refractivity contribution in [3.63, 3.8) is 0 Å². The largest absolute Gasteiger partial charge is 0.490 e. The van der Waals surface area contributed by atoms with Gasteiger partial charge in [0.1, 0.15) is 5.75 Å². The molecule has 3 rings (SSSR count). The number of aryl methyl sites for hydroxylation is 2. The molecule has 0 spiro atoms. The van der Waals surface area contributed by atoms with Crippen molar-refractivity contribution in [2.24, 2.45) is 0 Å². The average molecular weight is 280 g/mol. The van der Waals surface area contributed by atoms with Crippen molar-refractivity contribution >= 4 is 10.9 Å². The molecule has 0 amide bonds. The van der Waals surface area contributed by atoms with Gasteiger partial charge in [-0.2, -0.15) is 0 Å². The highest BCUT2D eigenvalue weighted by Crippen LogP contribution is 2.27. The van der Waals surface area contributed by atoms with E-state index < -0.39 is 0 Å². The van der Waals surface area contributed by atoms with E-state index in [0.717, 1.165) is 18.7 Å². The molecule has 0 aliphatic rings. The molecule has 0 aliphatic heterocycles. The standard InChI is InChI=1S/C18H20N2O/c1-14(2)21-18-5-3-4-17-16(18)9-13-20(17)12-8-15-6-10-19-11-7-15/h3-7,9-11,13-14H,8,12H2,1-2H3. The summed E-state index contributed by atoms with van der Waals surface area (Å²) in [4.78, 5) is 4.06. The van der Waals surface area contributed by atoms with Crippen molar-refractivity contribution in [2.75, 3.05) is 0 Å². The van der Waals surface area contributed by atoms with Crippen LogP contribution in [0.3, 0.4) is 0 Å². The van der Waals surface area contributed by atoms with Crippen LogP contribution in [0.25, 0.3) is 10.9 Å². The summed E-state index contributed by atoms with van der Waals surface area (Å²) >= 11 is 0. The Labute approximate surface area is 125 Å². The number of ether oxygens (including phenoxy) is 1. The molecule has 0 saturated heterocycles. The first-order valence-electron chi connectivity index (χ1n) is 7.37. The molecule has 2 aromatic heterocycles. The number of fused-ring (bicyclic) bond motifs is 1. The highest BCUT2D eigenvalue weighted by atomic mass is 16.5. The third kappa shape index (κ3) is 3.07. The number of rotatable bonds is 5. The normalized spacial score (nSPS) is 11.2. The van der Waals surface area contributed by atoms with E-state index in [2.05, 4.69) is 59.9 Å².